The van der Waals surface area contributed by atoms with Gasteiger partial charge in [0.25, 0.3) is 11.6 Å². The van der Waals surface area contributed by atoms with Crippen LogP contribution in [0.4, 0.5) is 10.1 Å². The standard InChI is InChI=1S/C13H10BrFN2O4/c1-16(7-9-3-5-12(14)21-9)13(18)10-6-8(15)2-4-11(10)17(19)20/h2-6H,7H2,1H3. The summed E-state index contributed by atoms with van der Waals surface area (Å²) in [6.07, 6.45) is 0. The smallest absolute Gasteiger partial charge is 0.282 e. The van der Waals surface area contributed by atoms with Gasteiger partial charge < -0.3 is 9.32 Å². The lowest BCUT2D eigenvalue weighted by molar-refractivity contribution is -0.385. The fourth-order valence-corrected chi connectivity index (χ4v) is 2.13. The fourth-order valence-electron chi connectivity index (χ4n) is 1.79. The Labute approximate surface area is 127 Å². The van der Waals surface area contributed by atoms with Gasteiger partial charge in [-0.2, -0.15) is 0 Å². The Morgan fingerprint density at radius 2 is 2.14 bits per heavy atom. The van der Waals surface area contributed by atoms with Gasteiger partial charge in [0.05, 0.1) is 11.5 Å². The molecule has 8 heteroatoms. The number of benzene rings is 1. The number of nitrogens with zero attached hydrogens (tertiary/aromatic N) is 2. The van der Waals surface area contributed by atoms with Crippen molar-refractivity contribution in [3.63, 3.8) is 0 Å². The number of hydrogen-bond acceptors (Lipinski definition) is 4. The molecule has 0 N–H and O–H groups in total. The van der Waals surface area contributed by atoms with Gasteiger partial charge in [0, 0.05) is 13.1 Å². The van der Waals surface area contributed by atoms with Crippen molar-refractivity contribution in [2.45, 2.75) is 6.54 Å². The minimum absolute atomic E-state index is 0.109. The number of halogens is 2. The van der Waals surface area contributed by atoms with Crippen molar-refractivity contribution in [3.8, 4) is 0 Å². The van der Waals surface area contributed by atoms with Gasteiger partial charge in [-0.25, -0.2) is 4.39 Å². The van der Waals surface area contributed by atoms with Crippen LogP contribution < -0.4 is 0 Å². The van der Waals surface area contributed by atoms with Crippen molar-refractivity contribution in [2.75, 3.05) is 7.05 Å². The summed E-state index contributed by atoms with van der Waals surface area (Å²) in [6, 6.07) is 6.10. The summed E-state index contributed by atoms with van der Waals surface area (Å²) in [6.45, 7) is 0.109. The normalized spacial score (nSPS) is 10.4. The van der Waals surface area contributed by atoms with Crippen molar-refractivity contribution in [2.24, 2.45) is 0 Å². The van der Waals surface area contributed by atoms with Crippen LogP contribution in [0.1, 0.15) is 16.1 Å². The first-order chi connectivity index (χ1) is 9.88. The highest BCUT2D eigenvalue weighted by Gasteiger charge is 2.24. The van der Waals surface area contributed by atoms with Crippen molar-refractivity contribution in [1.82, 2.24) is 4.90 Å². The lowest BCUT2D eigenvalue weighted by Crippen LogP contribution is -2.26. The van der Waals surface area contributed by atoms with Gasteiger partial charge in [0.15, 0.2) is 4.67 Å². The average molecular weight is 357 g/mol. The van der Waals surface area contributed by atoms with Gasteiger partial charge in [0.2, 0.25) is 0 Å². The third-order valence-corrected chi connectivity index (χ3v) is 3.18. The molecule has 1 heterocycles. The maximum Gasteiger partial charge on any atom is 0.282 e. The Hall–Kier alpha value is -2.22. The van der Waals surface area contributed by atoms with Gasteiger partial charge in [-0.05, 0) is 40.2 Å². The van der Waals surface area contributed by atoms with E-state index in [0.717, 1.165) is 18.2 Å². The molecule has 0 saturated carbocycles. The van der Waals surface area contributed by atoms with Gasteiger partial charge in [-0.1, -0.05) is 0 Å². The van der Waals surface area contributed by atoms with Crippen molar-refractivity contribution in [1.29, 1.82) is 0 Å². The Balaban J connectivity index is 2.26. The maximum atomic E-state index is 13.2. The SMILES string of the molecule is CN(Cc1ccc(Br)o1)C(=O)c1cc(F)ccc1[N+](=O)[O-]. The van der Waals surface area contributed by atoms with Gasteiger partial charge in [-0.15, -0.1) is 0 Å². The van der Waals surface area contributed by atoms with Gasteiger partial charge in [0.1, 0.15) is 17.1 Å². The zero-order valence-corrected chi connectivity index (χ0v) is 12.5. The molecule has 2 rings (SSSR count). The molecule has 0 aliphatic rings. The molecular formula is C13H10BrFN2O4. The van der Waals surface area contributed by atoms with E-state index in [2.05, 4.69) is 15.9 Å². The van der Waals surface area contributed by atoms with Crippen LogP contribution in [0.15, 0.2) is 39.4 Å². The van der Waals surface area contributed by atoms with Crippen LogP contribution in [0.5, 0.6) is 0 Å². The molecule has 110 valence electrons. The molecule has 0 saturated heterocycles. The van der Waals surface area contributed by atoms with Crippen molar-refractivity contribution < 1.29 is 18.5 Å². The zero-order valence-electron chi connectivity index (χ0n) is 10.9. The second-order valence-corrected chi connectivity index (χ2v) is 5.07. The molecule has 1 aromatic carbocycles. The predicted octanol–water partition coefficient (Wildman–Crippen LogP) is 3.36. The summed E-state index contributed by atoms with van der Waals surface area (Å²) in [5.41, 5.74) is -0.734. The second kappa shape index (κ2) is 6.04. The van der Waals surface area contributed by atoms with Crippen LogP contribution in [0.25, 0.3) is 0 Å². The first-order valence-electron chi connectivity index (χ1n) is 5.82. The molecule has 0 bridgehead atoms. The van der Waals surface area contributed by atoms with Crippen LogP contribution in [0.3, 0.4) is 0 Å². The molecule has 0 unspecified atom stereocenters. The highest BCUT2D eigenvalue weighted by atomic mass is 79.9. The predicted molar refractivity (Wildman–Crippen MR) is 75.3 cm³/mol. The number of hydrogen-bond donors (Lipinski definition) is 0. The summed E-state index contributed by atoms with van der Waals surface area (Å²) in [5.74, 6) is -0.872. The molecule has 0 aliphatic heterocycles. The molecule has 6 nitrogen and oxygen atoms in total. The summed E-state index contributed by atoms with van der Waals surface area (Å²) in [5, 5.41) is 10.9. The molecule has 2 aromatic rings. The molecule has 1 aromatic heterocycles. The zero-order chi connectivity index (χ0) is 15.6. The van der Waals surface area contributed by atoms with E-state index in [-0.39, 0.29) is 12.1 Å². The molecular weight excluding hydrogens is 347 g/mol. The third kappa shape index (κ3) is 3.46. The first kappa shape index (κ1) is 15.2. The Bertz CT molecular complexity index is 701. The summed E-state index contributed by atoms with van der Waals surface area (Å²) in [4.78, 5) is 23.6. The first-order valence-corrected chi connectivity index (χ1v) is 6.61. The Kier molecular flexibility index (Phi) is 4.37. The van der Waals surface area contributed by atoms with Gasteiger partial charge >= 0.3 is 0 Å². The van der Waals surface area contributed by atoms with E-state index in [1.807, 2.05) is 0 Å². The number of carbonyl (C=O) groups is 1. The monoisotopic (exact) mass is 356 g/mol. The van der Waals surface area contributed by atoms with Crippen LogP contribution in [0.2, 0.25) is 0 Å². The Morgan fingerprint density at radius 3 is 2.71 bits per heavy atom. The van der Waals surface area contributed by atoms with Crippen LogP contribution in [-0.2, 0) is 6.54 Å². The summed E-state index contributed by atoms with van der Waals surface area (Å²) < 4.78 is 19.0. The van der Waals surface area contributed by atoms with E-state index < -0.39 is 22.3 Å². The highest BCUT2D eigenvalue weighted by Crippen LogP contribution is 2.22. The molecule has 0 spiro atoms. The highest BCUT2D eigenvalue weighted by molar-refractivity contribution is 9.10. The second-order valence-electron chi connectivity index (χ2n) is 4.29. The Morgan fingerprint density at radius 1 is 1.43 bits per heavy atom. The lowest BCUT2D eigenvalue weighted by Gasteiger charge is -2.15. The van der Waals surface area contributed by atoms with E-state index in [9.17, 15) is 19.3 Å². The molecule has 0 atom stereocenters. The number of furan rings is 1. The lowest BCUT2D eigenvalue weighted by atomic mass is 10.1. The number of nitro benzene ring substituents is 1. The number of amides is 1. The van der Waals surface area contributed by atoms with E-state index in [1.54, 1.807) is 12.1 Å². The molecule has 21 heavy (non-hydrogen) atoms. The van der Waals surface area contributed by atoms with E-state index in [1.165, 1.54) is 11.9 Å². The fraction of sp³-hybridized carbons (Fsp3) is 0.154. The van der Waals surface area contributed by atoms with Gasteiger partial charge in [-0.3, -0.25) is 14.9 Å². The third-order valence-electron chi connectivity index (χ3n) is 2.75. The van der Waals surface area contributed by atoms with Crippen LogP contribution in [0, 0.1) is 15.9 Å². The average Bonchev–Trinajstić information content (AvgIpc) is 2.82. The quantitative estimate of drug-likeness (QED) is 0.621. The number of rotatable bonds is 4. The maximum absolute atomic E-state index is 13.2. The molecule has 0 radical (unpaired) electrons. The van der Waals surface area contributed by atoms with Crippen molar-refractivity contribution in [3.05, 3.63) is 62.3 Å². The van der Waals surface area contributed by atoms with Crippen LogP contribution >= 0.6 is 15.9 Å². The minimum atomic E-state index is -0.718. The molecule has 0 aliphatic carbocycles. The number of carbonyl (C=O) groups excluding carboxylic acids is 1. The van der Waals surface area contributed by atoms with Crippen molar-refractivity contribution >= 4 is 27.5 Å². The number of nitro groups is 1. The van der Waals surface area contributed by atoms with Crippen LogP contribution in [-0.4, -0.2) is 22.8 Å². The van der Waals surface area contributed by atoms with E-state index in [4.69, 9.17) is 4.42 Å². The topological polar surface area (TPSA) is 76.6 Å². The van der Waals surface area contributed by atoms with E-state index >= 15 is 0 Å². The largest absolute Gasteiger partial charge is 0.452 e. The van der Waals surface area contributed by atoms with E-state index in [0.29, 0.717) is 10.4 Å². The summed E-state index contributed by atoms with van der Waals surface area (Å²) in [7, 11) is 1.45. The minimum Gasteiger partial charge on any atom is -0.452 e. The summed E-state index contributed by atoms with van der Waals surface area (Å²) >= 11 is 3.14. The molecule has 0 fully saturated rings. The molecule has 1 amide bonds.